The third-order valence-corrected chi connectivity index (χ3v) is 4.29. The fraction of sp³-hybridized carbons (Fsp3) is 0.400. The summed E-state index contributed by atoms with van der Waals surface area (Å²) in [4.78, 5) is 0. The minimum absolute atomic E-state index is 0.0788. The lowest BCUT2D eigenvalue weighted by Gasteiger charge is -2.20. The second kappa shape index (κ2) is 4.41. The predicted octanol–water partition coefficient (Wildman–Crippen LogP) is 2.43. The highest BCUT2D eigenvalue weighted by molar-refractivity contribution is 7.92. The predicted molar refractivity (Wildman–Crippen MR) is 64.1 cm³/mol. The van der Waals surface area contributed by atoms with Gasteiger partial charge >= 0.3 is 0 Å². The van der Waals surface area contributed by atoms with E-state index in [1.165, 1.54) is 11.4 Å². The number of hydrogen-bond donors (Lipinski definition) is 0. The monoisotopic (exact) mass is 247 g/mol. The molecule has 0 atom stereocenters. The van der Waals surface area contributed by atoms with Crippen LogP contribution in [0.15, 0.2) is 18.2 Å². The van der Waals surface area contributed by atoms with Crippen LogP contribution in [0.25, 0.3) is 0 Å². The first-order valence-corrected chi connectivity index (χ1v) is 6.60. The van der Waals surface area contributed by atoms with Gasteiger partial charge in [0.05, 0.1) is 11.4 Å². The summed E-state index contributed by atoms with van der Waals surface area (Å²) in [6.07, 6.45) is 0. The summed E-state index contributed by atoms with van der Waals surface area (Å²) >= 11 is 5.83. The highest BCUT2D eigenvalue weighted by atomic mass is 35.5. The molecule has 84 valence electrons. The van der Waals surface area contributed by atoms with Gasteiger partial charge in [0.2, 0.25) is 10.0 Å². The maximum Gasteiger partial charge on any atom is 0.234 e. The Bertz CT molecular complexity index is 456. The molecule has 0 radical (unpaired) electrons. The molecule has 0 saturated carbocycles. The molecule has 1 aromatic carbocycles. The second-order valence-electron chi connectivity index (χ2n) is 3.30. The number of benzene rings is 1. The number of nitrogens with zero attached hydrogens (tertiary/aromatic N) is 1. The van der Waals surface area contributed by atoms with Crippen LogP contribution in [0, 0.1) is 6.92 Å². The largest absolute Gasteiger partial charge is 0.273 e. The van der Waals surface area contributed by atoms with E-state index in [0.29, 0.717) is 10.7 Å². The van der Waals surface area contributed by atoms with E-state index in [2.05, 4.69) is 0 Å². The van der Waals surface area contributed by atoms with Crippen molar-refractivity contribution in [1.82, 2.24) is 0 Å². The molecule has 0 fully saturated rings. The van der Waals surface area contributed by atoms with Gasteiger partial charge in [0.15, 0.2) is 0 Å². The van der Waals surface area contributed by atoms with Crippen molar-refractivity contribution in [3.8, 4) is 0 Å². The Morgan fingerprint density at radius 3 is 2.53 bits per heavy atom. The molecule has 1 rings (SSSR count). The number of sulfonamides is 1. The lowest BCUT2D eigenvalue weighted by Crippen LogP contribution is -2.28. The van der Waals surface area contributed by atoms with Crippen LogP contribution in [0.4, 0.5) is 5.69 Å². The van der Waals surface area contributed by atoms with Gasteiger partial charge < -0.3 is 0 Å². The van der Waals surface area contributed by atoms with Crippen molar-refractivity contribution in [2.75, 3.05) is 17.1 Å². The van der Waals surface area contributed by atoms with Crippen molar-refractivity contribution in [2.45, 2.75) is 13.8 Å². The van der Waals surface area contributed by atoms with Gasteiger partial charge in [0.1, 0.15) is 0 Å². The van der Waals surface area contributed by atoms with E-state index < -0.39 is 10.0 Å². The molecule has 0 unspecified atom stereocenters. The van der Waals surface area contributed by atoms with Gasteiger partial charge in [-0.15, -0.1) is 0 Å². The van der Waals surface area contributed by atoms with E-state index in [1.807, 2.05) is 6.92 Å². The summed E-state index contributed by atoms with van der Waals surface area (Å²) in [5, 5.41) is 0.536. The topological polar surface area (TPSA) is 37.4 Å². The van der Waals surface area contributed by atoms with Gasteiger partial charge in [0, 0.05) is 12.1 Å². The van der Waals surface area contributed by atoms with Crippen LogP contribution in [0.3, 0.4) is 0 Å². The third-order valence-electron chi connectivity index (χ3n) is 2.29. The fourth-order valence-electron chi connectivity index (χ4n) is 1.27. The first-order valence-electron chi connectivity index (χ1n) is 4.61. The number of hydrogen-bond acceptors (Lipinski definition) is 2. The molecule has 0 aliphatic heterocycles. The van der Waals surface area contributed by atoms with Crippen molar-refractivity contribution in [2.24, 2.45) is 0 Å². The maximum atomic E-state index is 11.6. The molecule has 0 aliphatic carbocycles. The fourth-order valence-corrected chi connectivity index (χ4v) is 2.32. The van der Waals surface area contributed by atoms with Gasteiger partial charge in [-0.25, -0.2) is 8.42 Å². The Hall–Kier alpha value is -0.740. The van der Waals surface area contributed by atoms with Gasteiger partial charge in [-0.2, -0.15) is 0 Å². The Balaban J connectivity index is 3.22. The molecule has 3 nitrogen and oxygen atoms in total. The van der Waals surface area contributed by atoms with Crippen LogP contribution in [-0.2, 0) is 10.0 Å². The lowest BCUT2D eigenvalue weighted by atomic mass is 10.2. The normalized spacial score (nSPS) is 11.5. The molecule has 0 aromatic heterocycles. The smallest absolute Gasteiger partial charge is 0.234 e. The first-order chi connectivity index (χ1) is 6.88. The van der Waals surface area contributed by atoms with Crippen LogP contribution in [0.1, 0.15) is 12.5 Å². The maximum absolute atomic E-state index is 11.6. The van der Waals surface area contributed by atoms with Crippen LogP contribution in [0.5, 0.6) is 0 Å². The van der Waals surface area contributed by atoms with Crippen molar-refractivity contribution >= 4 is 27.3 Å². The van der Waals surface area contributed by atoms with E-state index in [4.69, 9.17) is 11.6 Å². The average Bonchev–Trinajstić information content (AvgIpc) is 2.20. The average molecular weight is 248 g/mol. The van der Waals surface area contributed by atoms with Gasteiger partial charge in [-0.05, 0) is 31.5 Å². The summed E-state index contributed by atoms with van der Waals surface area (Å²) < 4.78 is 24.6. The van der Waals surface area contributed by atoms with Crippen molar-refractivity contribution in [3.05, 3.63) is 28.8 Å². The zero-order valence-corrected chi connectivity index (χ0v) is 10.6. The SMILES string of the molecule is CCS(=O)(=O)N(C)c1cc(Cl)ccc1C. The highest BCUT2D eigenvalue weighted by Gasteiger charge is 2.17. The van der Waals surface area contributed by atoms with Crippen molar-refractivity contribution < 1.29 is 8.42 Å². The van der Waals surface area contributed by atoms with Crippen molar-refractivity contribution in [3.63, 3.8) is 0 Å². The van der Waals surface area contributed by atoms with E-state index in [-0.39, 0.29) is 5.75 Å². The number of anilines is 1. The Morgan fingerprint density at radius 2 is 2.00 bits per heavy atom. The summed E-state index contributed by atoms with van der Waals surface area (Å²) in [5.74, 6) is 0.0788. The molecule has 15 heavy (non-hydrogen) atoms. The molecule has 0 bridgehead atoms. The minimum Gasteiger partial charge on any atom is -0.273 e. The zero-order chi connectivity index (χ0) is 11.6. The molecule has 0 saturated heterocycles. The second-order valence-corrected chi connectivity index (χ2v) is 6.02. The molecular formula is C10H14ClNO2S. The minimum atomic E-state index is -3.22. The first kappa shape index (κ1) is 12.3. The van der Waals surface area contributed by atoms with E-state index >= 15 is 0 Å². The zero-order valence-electron chi connectivity index (χ0n) is 8.99. The molecular weight excluding hydrogens is 234 g/mol. The summed E-state index contributed by atoms with van der Waals surface area (Å²) in [5.41, 5.74) is 1.52. The molecule has 0 spiro atoms. The lowest BCUT2D eigenvalue weighted by molar-refractivity contribution is 0.595. The summed E-state index contributed by atoms with van der Waals surface area (Å²) in [6.45, 7) is 3.47. The number of rotatable bonds is 3. The standard InChI is InChI=1S/C10H14ClNO2S/c1-4-15(13,14)12(3)10-7-9(11)6-5-8(10)2/h5-7H,4H2,1-3H3. The van der Waals surface area contributed by atoms with Gasteiger partial charge in [0.25, 0.3) is 0 Å². The molecule has 1 aromatic rings. The van der Waals surface area contributed by atoms with E-state index in [1.54, 1.807) is 25.1 Å². The molecule has 0 N–H and O–H groups in total. The van der Waals surface area contributed by atoms with Crippen LogP contribution >= 0.6 is 11.6 Å². The Morgan fingerprint density at radius 1 is 1.40 bits per heavy atom. The van der Waals surface area contributed by atoms with E-state index in [0.717, 1.165) is 5.56 Å². The van der Waals surface area contributed by atoms with Crippen LogP contribution < -0.4 is 4.31 Å². The van der Waals surface area contributed by atoms with Crippen LogP contribution in [0.2, 0.25) is 5.02 Å². The summed E-state index contributed by atoms with van der Waals surface area (Å²) in [6, 6.07) is 5.20. The van der Waals surface area contributed by atoms with Crippen molar-refractivity contribution in [1.29, 1.82) is 0 Å². The Labute approximate surface area is 95.7 Å². The molecule has 0 aliphatic rings. The Kier molecular flexibility index (Phi) is 3.62. The molecule has 0 amide bonds. The van der Waals surface area contributed by atoms with Gasteiger partial charge in [-0.3, -0.25) is 4.31 Å². The number of aryl methyl sites for hydroxylation is 1. The third kappa shape index (κ3) is 2.63. The van der Waals surface area contributed by atoms with Crippen LogP contribution in [-0.4, -0.2) is 21.2 Å². The van der Waals surface area contributed by atoms with Gasteiger partial charge in [-0.1, -0.05) is 17.7 Å². The quantitative estimate of drug-likeness (QED) is 0.823. The molecule has 5 heteroatoms. The summed E-state index contributed by atoms with van der Waals surface area (Å²) in [7, 11) is -1.68. The van der Waals surface area contributed by atoms with E-state index in [9.17, 15) is 8.42 Å². The number of halogens is 1. The highest BCUT2D eigenvalue weighted by Crippen LogP contribution is 2.25. The molecule has 0 heterocycles.